The number of halogens is 6. The predicted octanol–water partition coefficient (Wildman–Crippen LogP) is 4.74. The Bertz CT molecular complexity index is 560. The monoisotopic (exact) mass is 339 g/mol. The van der Waals surface area contributed by atoms with E-state index in [-0.39, 0.29) is 12.1 Å². The lowest BCUT2D eigenvalue weighted by atomic mass is 10.00. The van der Waals surface area contributed by atoms with Gasteiger partial charge in [-0.3, -0.25) is 4.79 Å². The lowest BCUT2D eigenvalue weighted by molar-refractivity contribution is -0.143. The molecule has 1 saturated heterocycles. The van der Waals surface area contributed by atoms with Gasteiger partial charge < -0.3 is 4.90 Å². The third kappa shape index (κ3) is 3.97. The molecular formula is C15H15F6NO. The van der Waals surface area contributed by atoms with Gasteiger partial charge in [0.15, 0.2) is 0 Å². The smallest absolute Gasteiger partial charge is 0.336 e. The first-order valence-corrected chi connectivity index (χ1v) is 7.10. The number of benzene rings is 1. The van der Waals surface area contributed by atoms with Crippen molar-refractivity contribution in [2.24, 2.45) is 0 Å². The van der Waals surface area contributed by atoms with Crippen LogP contribution in [0.25, 0.3) is 0 Å². The number of hydrogen-bond acceptors (Lipinski definition) is 1. The van der Waals surface area contributed by atoms with E-state index in [9.17, 15) is 31.1 Å². The van der Waals surface area contributed by atoms with Crippen molar-refractivity contribution in [3.05, 3.63) is 34.9 Å². The molecule has 0 bridgehead atoms. The molecule has 128 valence electrons. The fraction of sp³-hybridized carbons (Fsp3) is 0.533. The molecule has 23 heavy (non-hydrogen) atoms. The Labute approximate surface area is 129 Å². The SMILES string of the molecule is CC1CCCCN1C(=O)c1cc(C(F)(F)F)cc(C(F)(F)F)c1. The fourth-order valence-electron chi connectivity index (χ4n) is 2.64. The van der Waals surface area contributed by atoms with E-state index in [1.54, 1.807) is 6.92 Å². The molecule has 0 spiro atoms. The summed E-state index contributed by atoms with van der Waals surface area (Å²) in [6, 6.07) is 0.786. The topological polar surface area (TPSA) is 20.3 Å². The van der Waals surface area contributed by atoms with Crippen molar-refractivity contribution in [2.75, 3.05) is 6.54 Å². The lowest BCUT2D eigenvalue weighted by Crippen LogP contribution is -2.42. The summed E-state index contributed by atoms with van der Waals surface area (Å²) < 4.78 is 77.0. The van der Waals surface area contributed by atoms with Gasteiger partial charge in [0.2, 0.25) is 0 Å². The van der Waals surface area contributed by atoms with E-state index in [1.807, 2.05) is 0 Å². The quantitative estimate of drug-likeness (QED) is 0.677. The summed E-state index contributed by atoms with van der Waals surface area (Å²) in [7, 11) is 0. The number of piperidine rings is 1. The Balaban J connectivity index is 2.46. The van der Waals surface area contributed by atoms with Crippen LogP contribution in [0, 0.1) is 0 Å². The zero-order chi connectivity index (χ0) is 17.4. The molecule has 0 N–H and O–H groups in total. The molecule has 1 aliphatic heterocycles. The fourth-order valence-corrected chi connectivity index (χ4v) is 2.64. The minimum atomic E-state index is -4.95. The molecule has 0 radical (unpaired) electrons. The second kappa shape index (κ2) is 6.05. The van der Waals surface area contributed by atoms with Crippen LogP contribution in [0.2, 0.25) is 0 Å². The van der Waals surface area contributed by atoms with Gasteiger partial charge in [0, 0.05) is 18.2 Å². The van der Waals surface area contributed by atoms with Crippen molar-refractivity contribution >= 4 is 5.91 Å². The third-order valence-electron chi connectivity index (χ3n) is 3.90. The van der Waals surface area contributed by atoms with Crippen LogP contribution in [-0.4, -0.2) is 23.4 Å². The van der Waals surface area contributed by atoms with E-state index in [1.165, 1.54) is 4.90 Å². The predicted molar refractivity (Wildman–Crippen MR) is 70.8 cm³/mol. The average Bonchev–Trinajstić information content (AvgIpc) is 2.45. The van der Waals surface area contributed by atoms with Gasteiger partial charge in [-0.05, 0) is 44.4 Å². The normalized spacial score (nSPS) is 19.8. The maximum atomic E-state index is 12.8. The highest BCUT2D eigenvalue weighted by Crippen LogP contribution is 2.36. The van der Waals surface area contributed by atoms with Gasteiger partial charge in [-0.25, -0.2) is 0 Å². The molecule has 2 nitrogen and oxygen atoms in total. The highest BCUT2D eigenvalue weighted by molar-refractivity contribution is 5.95. The molecular weight excluding hydrogens is 324 g/mol. The number of alkyl halides is 6. The zero-order valence-electron chi connectivity index (χ0n) is 12.3. The maximum Gasteiger partial charge on any atom is 0.416 e. The first-order valence-electron chi connectivity index (χ1n) is 7.10. The molecule has 1 atom stereocenters. The summed E-state index contributed by atoms with van der Waals surface area (Å²) in [5.74, 6) is -0.797. The number of carbonyl (C=O) groups excluding carboxylic acids is 1. The minimum absolute atomic E-state index is 0.0242. The van der Waals surface area contributed by atoms with Crippen molar-refractivity contribution in [3.8, 4) is 0 Å². The second-order valence-electron chi connectivity index (χ2n) is 5.64. The summed E-state index contributed by atoms with van der Waals surface area (Å²) >= 11 is 0. The first-order chi connectivity index (χ1) is 10.5. The second-order valence-corrected chi connectivity index (χ2v) is 5.64. The summed E-state index contributed by atoms with van der Waals surface area (Å²) in [6.45, 7) is 2.06. The van der Waals surface area contributed by atoms with Gasteiger partial charge in [0.25, 0.3) is 5.91 Å². The van der Waals surface area contributed by atoms with Gasteiger partial charge in [-0.15, -0.1) is 0 Å². The van der Waals surface area contributed by atoms with E-state index in [0.717, 1.165) is 6.42 Å². The molecule has 1 aliphatic rings. The van der Waals surface area contributed by atoms with Crippen molar-refractivity contribution in [1.29, 1.82) is 0 Å². The third-order valence-corrected chi connectivity index (χ3v) is 3.90. The van der Waals surface area contributed by atoms with Crippen molar-refractivity contribution in [1.82, 2.24) is 4.90 Å². The van der Waals surface area contributed by atoms with Crippen LogP contribution in [-0.2, 0) is 12.4 Å². The van der Waals surface area contributed by atoms with Crippen LogP contribution in [0.3, 0.4) is 0 Å². The summed E-state index contributed by atoms with van der Waals surface area (Å²) in [5.41, 5.74) is -3.53. The molecule has 2 rings (SSSR count). The van der Waals surface area contributed by atoms with Crippen LogP contribution in [0.5, 0.6) is 0 Å². The van der Waals surface area contributed by atoms with Crippen LogP contribution in [0.1, 0.15) is 47.7 Å². The summed E-state index contributed by atoms with van der Waals surface area (Å²) in [4.78, 5) is 13.7. The van der Waals surface area contributed by atoms with E-state index < -0.39 is 35.0 Å². The van der Waals surface area contributed by atoms with Crippen molar-refractivity contribution < 1.29 is 31.1 Å². The molecule has 1 fully saturated rings. The lowest BCUT2D eigenvalue weighted by Gasteiger charge is -2.33. The number of nitrogens with zero attached hydrogens (tertiary/aromatic N) is 1. The van der Waals surface area contributed by atoms with Crippen molar-refractivity contribution in [3.63, 3.8) is 0 Å². The van der Waals surface area contributed by atoms with Gasteiger partial charge in [0.1, 0.15) is 0 Å². The number of carbonyl (C=O) groups is 1. The average molecular weight is 339 g/mol. The van der Waals surface area contributed by atoms with Gasteiger partial charge >= 0.3 is 12.4 Å². The van der Waals surface area contributed by atoms with E-state index in [0.29, 0.717) is 31.5 Å². The molecule has 0 aromatic heterocycles. The molecule has 0 aliphatic carbocycles. The molecule has 1 unspecified atom stereocenters. The largest absolute Gasteiger partial charge is 0.416 e. The molecule has 1 aromatic carbocycles. The molecule has 1 aromatic rings. The maximum absolute atomic E-state index is 12.8. The van der Waals surface area contributed by atoms with E-state index >= 15 is 0 Å². The van der Waals surface area contributed by atoms with Crippen molar-refractivity contribution in [2.45, 2.75) is 44.6 Å². The number of hydrogen-bond donors (Lipinski definition) is 0. The molecule has 0 saturated carbocycles. The highest BCUT2D eigenvalue weighted by atomic mass is 19.4. The van der Waals surface area contributed by atoms with Crippen LogP contribution >= 0.6 is 0 Å². The van der Waals surface area contributed by atoms with E-state index in [4.69, 9.17) is 0 Å². The zero-order valence-corrected chi connectivity index (χ0v) is 12.3. The highest BCUT2D eigenvalue weighted by Gasteiger charge is 2.38. The Morgan fingerprint density at radius 2 is 1.52 bits per heavy atom. The first kappa shape index (κ1) is 17.6. The number of likely N-dealkylation sites (tertiary alicyclic amines) is 1. The van der Waals surface area contributed by atoms with Gasteiger partial charge in [0.05, 0.1) is 11.1 Å². The Morgan fingerprint density at radius 3 is 1.96 bits per heavy atom. The Kier molecular flexibility index (Phi) is 4.64. The van der Waals surface area contributed by atoms with Gasteiger partial charge in [-0.1, -0.05) is 0 Å². The summed E-state index contributed by atoms with van der Waals surface area (Å²) in [5, 5.41) is 0. The minimum Gasteiger partial charge on any atom is -0.336 e. The van der Waals surface area contributed by atoms with Gasteiger partial charge in [-0.2, -0.15) is 26.3 Å². The van der Waals surface area contributed by atoms with Crippen LogP contribution in [0.15, 0.2) is 18.2 Å². The number of rotatable bonds is 1. The number of amides is 1. The summed E-state index contributed by atoms with van der Waals surface area (Å²) in [6.07, 6.45) is -7.67. The Morgan fingerprint density at radius 1 is 1.00 bits per heavy atom. The molecule has 1 heterocycles. The molecule has 8 heteroatoms. The molecule has 1 amide bonds. The standard InChI is InChI=1S/C15H15F6NO/c1-9-4-2-3-5-22(9)13(23)10-6-11(14(16,17)18)8-12(7-10)15(19,20)21/h6-9H,2-5H2,1H3. The van der Waals surface area contributed by atoms with Crippen LogP contribution in [0.4, 0.5) is 26.3 Å². The Hall–Kier alpha value is -1.73. The van der Waals surface area contributed by atoms with E-state index in [2.05, 4.69) is 0 Å². The van der Waals surface area contributed by atoms with Crippen LogP contribution < -0.4 is 0 Å².